The predicted molar refractivity (Wildman–Crippen MR) is 68.4 cm³/mol. The fourth-order valence-corrected chi connectivity index (χ4v) is 2.75. The van der Waals surface area contributed by atoms with Gasteiger partial charge in [0.15, 0.2) is 0 Å². The minimum Gasteiger partial charge on any atom is -0.379 e. The zero-order chi connectivity index (χ0) is 13.1. The van der Waals surface area contributed by atoms with Gasteiger partial charge in [0.1, 0.15) is 0 Å². The van der Waals surface area contributed by atoms with Gasteiger partial charge >= 0.3 is 0 Å². The van der Waals surface area contributed by atoms with Gasteiger partial charge in [-0.1, -0.05) is 6.92 Å². The van der Waals surface area contributed by atoms with Gasteiger partial charge in [0, 0.05) is 12.6 Å². The van der Waals surface area contributed by atoms with Crippen molar-refractivity contribution in [3.8, 4) is 0 Å². The van der Waals surface area contributed by atoms with Gasteiger partial charge in [0.05, 0.1) is 37.9 Å². The van der Waals surface area contributed by atoms with Crippen LogP contribution in [0.2, 0.25) is 0 Å². The highest BCUT2D eigenvalue weighted by atomic mass is 16.5. The zero-order valence-corrected chi connectivity index (χ0v) is 11.5. The van der Waals surface area contributed by atoms with Gasteiger partial charge in [-0.05, 0) is 20.4 Å². The van der Waals surface area contributed by atoms with Crippen molar-refractivity contribution >= 4 is 5.91 Å². The lowest BCUT2D eigenvalue weighted by molar-refractivity contribution is -0.149. The second-order valence-electron chi connectivity index (χ2n) is 5.24. The summed E-state index contributed by atoms with van der Waals surface area (Å²) >= 11 is 0. The molecule has 0 aromatic heterocycles. The number of ether oxygens (including phenoxy) is 2. The maximum Gasteiger partial charge on any atom is 0.230 e. The summed E-state index contributed by atoms with van der Waals surface area (Å²) in [6.45, 7) is 6.64. The molecule has 0 saturated carbocycles. The summed E-state index contributed by atoms with van der Waals surface area (Å²) in [5, 5.41) is 3.17. The summed E-state index contributed by atoms with van der Waals surface area (Å²) in [5.41, 5.74) is 0. The third-order valence-corrected chi connectivity index (χ3v) is 3.99. The Kier molecular flexibility index (Phi) is 4.59. The van der Waals surface area contributed by atoms with Gasteiger partial charge in [-0.15, -0.1) is 0 Å². The number of hydrogen-bond donors (Lipinski definition) is 1. The summed E-state index contributed by atoms with van der Waals surface area (Å²) in [4.78, 5) is 14.6. The molecule has 18 heavy (non-hydrogen) atoms. The second kappa shape index (κ2) is 5.99. The van der Waals surface area contributed by atoms with Gasteiger partial charge in [0.2, 0.25) is 5.91 Å². The molecule has 2 aliphatic heterocycles. The topological polar surface area (TPSA) is 50.8 Å². The molecule has 5 nitrogen and oxygen atoms in total. The lowest BCUT2D eigenvalue weighted by Crippen LogP contribution is -2.55. The molecule has 1 amide bonds. The molecule has 0 aromatic carbocycles. The summed E-state index contributed by atoms with van der Waals surface area (Å²) in [6, 6.07) is 0.361. The van der Waals surface area contributed by atoms with Crippen LogP contribution < -0.4 is 5.32 Å². The SMILES string of the molecule is CCC1COC(C)CN1C(=O)C1COCC1NC. The fraction of sp³-hybridized carbons (Fsp3) is 0.923. The van der Waals surface area contributed by atoms with E-state index in [1.807, 2.05) is 18.9 Å². The smallest absolute Gasteiger partial charge is 0.230 e. The van der Waals surface area contributed by atoms with Crippen molar-refractivity contribution < 1.29 is 14.3 Å². The fourth-order valence-electron chi connectivity index (χ4n) is 2.75. The Balaban J connectivity index is 2.05. The maximum absolute atomic E-state index is 12.6. The number of carbonyl (C=O) groups is 1. The first-order valence-corrected chi connectivity index (χ1v) is 6.84. The number of rotatable bonds is 3. The Morgan fingerprint density at radius 3 is 2.83 bits per heavy atom. The Hall–Kier alpha value is -0.650. The Morgan fingerprint density at radius 1 is 1.39 bits per heavy atom. The van der Waals surface area contributed by atoms with Crippen LogP contribution >= 0.6 is 0 Å². The average Bonchev–Trinajstić information content (AvgIpc) is 2.86. The molecule has 2 heterocycles. The minimum absolute atomic E-state index is 0.0469. The third-order valence-electron chi connectivity index (χ3n) is 3.99. The lowest BCUT2D eigenvalue weighted by Gasteiger charge is -2.40. The number of likely N-dealkylation sites (N-methyl/N-ethyl adjacent to an activating group) is 1. The van der Waals surface area contributed by atoms with Gasteiger partial charge in [-0.3, -0.25) is 4.79 Å². The van der Waals surface area contributed by atoms with Gasteiger partial charge in [-0.2, -0.15) is 0 Å². The number of hydrogen-bond acceptors (Lipinski definition) is 4. The summed E-state index contributed by atoms with van der Waals surface area (Å²) in [5.74, 6) is 0.170. The van der Waals surface area contributed by atoms with Crippen LogP contribution in [0.25, 0.3) is 0 Å². The Morgan fingerprint density at radius 2 is 2.17 bits per heavy atom. The number of morpholine rings is 1. The van der Waals surface area contributed by atoms with Crippen molar-refractivity contribution in [3.05, 3.63) is 0 Å². The van der Waals surface area contributed by atoms with Crippen molar-refractivity contribution in [1.29, 1.82) is 0 Å². The van der Waals surface area contributed by atoms with Crippen molar-refractivity contribution in [2.75, 3.05) is 33.4 Å². The first kappa shape index (κ1) is 13.8. The maximum atomic E-state index is 12.6. The molecule has 2 rings (SSSR count). The van der Waals surface area contributed by atoms with E-state index >= 15 is 0 Å². The van der Waals surface area contributed by atoms with Gasteiger partial charge < -0.3 is 19.7 Å². The molecular weight excluding hydrogens is 232 g/mol. The molecule has 0 spiro atoms. The van der Waals surface area contributed by atoms with E-state index in [0.717, 1.165) is 6.42 Å². The molecule has 2 aliphatic rings. The number of amides is 1. The van der Waals surface area contributed by atoms with E-state index in [4.69, 9.17) is 9.47 Å². The molecule has 0 aromatic rings. The van der Waals surface area contributed by atoms with E-state index in [0.29, 0.717) is 26.4 Å². The zero-order valence-electron chi connectivity index (χ0n) is 11.5. The van der Waals surface area contributed by atoms with Gasteiger partial charge in [0.25, 0.3) is 0 Å². The first-order valence-electron chi connectivity index (χ1n) is 6.84. The molecule has 4 unspecified atom stereocenters. The lowest BCUT2D eigenvalue weighted by atomic mass is 9.99. The van der Waals surface area contributed by atoms with E-state index in [-0.39, 0.29) is 30.0 Å². The monoisotopic (exact) mass is 256 g/mol. The van der Waals surface area contributed by atoms with Crippen molar-refractivity contribution in [2.24, 2.45) is 5.92 Å². The molecule has 0 radical (unpaired) electrons. The summed E-state index contributed by atoms with van der Waals surface area (Å²) in [7, 11) is 1.89. The number of nitrogens with one attached hydrogen (secondary N) is 1. The Labute approximate surface area is 109 Å². The highest BCUT2D eigenvalue weighted by Crippen LogP contribution is 2.22. The van der Waals surface area contributed by atoms with E-state index < -0.39 is 0 Å². The van der Waals surface area contributed by atoms with Crippen LogP contribution in [-0.4, -0.2) is 62.4 Å². The molecule has 0 aliphatic carbocycles. The molecule has 1 N–H and O–H groups in total. The summed E-state index contributed by atoms with van der Waals surface area (Å²) < 4.78 is 11.1. The predicted octanol–water partition coefficient (Wildman–Crippen LogP) is 0.247. The van der Waals surface area contributed by atoms with Crippen LogP contribution in [0.1, 0.15) is 20.3 Å². The van der Waals surface area contributed by atoms with Crippen molar-refractivity contribution in [3.63, 3.8) is 0 Å². The number of nitrogens with zero attached hydrogens (tertiary/aromatic N) is 1. The second-order valence-corrected chi connectivity index (χ2v) is 5.24. The normalized spacial score (nSPS) is 36.9. The van der Waals surface area contributed by atoms with Crippen LogP contribution in [-0.2, 0) is 14.3 Å². The minimum atomic E-state index is -0.0469. The largest absolute Gasteiger partial charge is 0.379 e. The van der Waals surface area contributed by atoms with E-state index in [1.165, 1.54) is 0 Å². The number of carbonyl (C=O) groups excluding carboxylic acids is 1. The first-order chi connectivity index (χ1) is 8.67. The molecule has 0 bridgehead atoms. The van der Waals surface area contributed by atoms with Crippen LogP contribution in [0.4, 0.5) is 0 Å². The molecule has 104 valence electrons. The molecule has 2 saturated heterocycles. The molecular formula is C13H24N2O3. The Bertz CT molecular complexity index is 298. The van der Waals surface area contributed by atoms with Crippen molar-refractivity contribution in [1.82, 2.24) is 10.2 Å². The van der Waals surface area contributed by atoms with Crippen LogP contribution in [0.5, 0.6) is 0 Å². The van der Waals surface area contributed by atoms with Crippen LogP contribution in [0.3, 0.4) is 0 Å². The molecule has 5 heteroatoms. The average molecular weight is 256 g/mol. The highest BCUT2D eigenvalue weighted by Gasteiger charge is 2.39. The van der Waals surface area contributed by atoms with E-state index in [9.17, 15) is 4.79 Å². The summed E-state index contributed by atoms with van der Waals surface area (Å²) in [6.07, 6.45) is 1.07. The molecule has 4 atom stereocenters. The third kappa shape index (κ3) is 2.68. The van der Waals surface area contributed by atoms with Gasteiger partial charge in [-0.25, -0.2) is 0 Å². The van der Waals surface area contributed by atoms with E-state index in [2.05, 4.69) is 12.2 Å². The van der Waals surface area contributed by atoms with Crippen molar-refractivity contribution in [2.45, 2.75) is 38.5 Å². The quantitative estimate of drug-likeness (QED) is 0.786. The van der Waals surface area contributed by atoms with Crippen LogP contribution in [0, 0.1) is 5.92 Å². The highest BCUT2D eigenvalue weighted by molar-refractivity contribution is 5.80. The van der Waals surface area contributed by atoms with E-state index in [1.54, 1.807) is 0 Å². The van der Waals surface area contributed by atoms with Crippen LogP contribution in [0.15, 0.2) is 0 Å². The molecule has 2 fully saturated rings. The standard InChI is InChI=1S/C13H24N2O3/c1-4-10-6-18-9(2)5-15(10)13(16)11-7-17-8-12(11)14-3/h9-12,14H,4-8H2,1-3H3.